The lowest BCUT2D eigenvalue weighted by atomic mass is 9.91. The average molecular weight is 766 g/mol. The molecule has 60 heavy (non-hydrogen) atoms. The summed E-state index contributed by atoms with van der Waals surface area (Å²) in [5.41, 5.74) is 14.9. The number of fused-ring (bicyclic) bond motifs is 9. The molecule has 0 bridgehead atoms. The molecule has 3 nitrogen and oxygen atoms in total. The molecule has 0 aliphatic rings. The number of hydrogen-bond donors (Lipinski definition) is 0. The molecule has 12 rings (SSSR count). The molecule has 0 saturated carbocycles. The minimum absolute atomic E-state index is 0.843. The van der Waals surface area contributed by atoms with Crippen LogP contribution < -0.4 is 0 Å². The van der Waals surface area contributed by atoms with Gasteiger partial charge in [0.05, 0.1) is 39.1 Å². The number of pyridine rings is 1. The largest absolute Gasteiger partial charge is 0.309 e. The second-order valence-electron chi connectivity index (χ2n) is 15.8. The zero-order valence-corrected chi connectivity index (χ0v) is 33.2. The molecule has 0 saturated heterocycles. The first-order chi connectivity index (χ1) is 29.7. The third kappa shape index (κ3) is 5.26. The smallest absolute Gasteiger partial charge is 0.0748 e. The van der Waals surface area contributed by atoms with Crippen molar-refractivity contribution in [2.75, 3.05) is 0 Å². The van der Waals surface area contributed by atoms with Gasteiger partial charge in [-0.3, -0.25) is 0 Å². The average Bonchev–Trinajstić information content (AvgIpc) is 3.82. The SMILES string of the molecule is CCc1c(-c2ccccc2)cc(-c2ccccc2)nc1-c1cc(-n2c3ccccc3c3cc4c5c6ccccc6ccc5n(-c5ccccc5)c4cc32)c2ccccc2c1. The van der Waals surface area contributed by atoms with Crippen LogP contribution in [0.4, 0.5) is 0 Å². The van der Waals surface area contributed by atoms with Crippen LogP contribution in [0.1, 0.15) is 12.5 Å². The van der Waals surface area contributed by atoms with Gasteiger partial charge in [0.1, 0.15) is 0 Å². The minimum atomic E-state index is 0.843. The van der Waals surface area contributed by atoms with Gasteiger partial charge in [0.15, 0.2) is 0 Å². The Balaban J connectivity index is 1.20. The Morgan fingerprint density at radius 2 is 1.03 bits per heavy atom. The van der Waals surface area contributed by atoms with Gasteiger partial charge >= 0.3 is 0 Å². The van der Waals surface area contributed by atoms with Crippen molar-refractivity contribution in [3.63, 3.8) is 0 Å². The summed E-state index contributed by atoms with van der Waals surface area (Å²) in [5, 5.41) is 9.88. The van der Waals surface area contributed by atoms with Crippen LogP contribution in [0.5, 0.6) is 0 Å². The van der Waals surface area contributed by atoms with Crippen LogP contribution in [-0.4, -0.2) is 14.1 Å². The lowest BCUT2D eigenvalue weighted by Gasteiger charge is -2.19. The Bertz CT molecular complexity index is 3620. The highest BCUT2D eigenvalue weighted by atomic mass is 15.0. The predicted octanol–water partition coefficient (Wildman–Crippen LogP) is 15.1. The molecule has 0 spiro atoms. The Kier molecular flexibility index (Phi) is 7.82. The van der Waals surface area contributed by atoms with Crippen LogP contribution in [0.2, 0.25) is 0 Å². The summed E-state index contributed by atoms with van der Waals surface area (Å²) < 4.78 is 4.95. The molecule has 0 atom stereocenters. The molecule has 12 aromatic rings. The second kappa shape index (κ2) is 13.7. The fourth-order valence-corrected chi connectivity index (χ4v) is 9.78. The highest BCUT2D eigenvalue weighted by Crippen LogP contribution is 2.44. The number of aromatic nitrogens is 3. The zero-order valence-electron chi connectivity index (χ0n) is 33.2. The van der Waals surface area contributed by atoms with Crippen LogP contribution >= 0.6 is 0 Å². The first-order valence-electron chi connectivity index (χ1n) is 20.9. The standard InChI is InChI=1S/C57H39N3/c1-2-43-47(37-18-6-3-7-19-37)35-50(39-21-8-4-9-22-39)58-57(43)41-32-40-23-13-14-26-44(40)53(33-41)60-51-29-17-16-28-46(51)48-34-49-55(36-54(48)60)59(42-24-10-5-11-25-42)52-31-30-38-20-12-15-27-45(38)56(49)52/h3-36H,2H2,1H3. The molecule has 3 aromatic heterocycles. The van der Waals surface area contributed by atoms with Gasteiger partial charge in [-0.05, 0) is 93.9 Å². The maximum Gasteiger partial charge on any atom is 0.0748 e. The van der Waals surface area contributed by atoms with Crippen molar-refractivity contribution in [1.82, 2.24) is 14.1 Å². The maximum atomic E-state index is 5.55. The van der Waals surface area contributed by atoms with Crippen LogP contribution in [0.3, 0.4) is 0 Å². The molecule has 0 N–H and O–H groups in total. The van der Waals surface area contributed by atoms with E-state index in [0.717, 1.165) is 40.3 Å². The van der Waals surface area contributed by atoms with Crippen LogP contribution in [0.15, 0.2) is 206 Å². The first-order valence-corrected chi connectivity index (χ1v) is 20.9. The number of benzene rings is 9. The van der Waals surface area contributed by atoms with Gasteiger partial charge < -0.3 is 9.13 Å². The van der Waals surface area contributed by atoms with Crippen molar-refractivity contribution >= 4 is 65.2 Å². The van der Waals surface area contributed by atoms with Crippen molar-refractivity contribution in [2.45, 2.75) is 13.3 Å². The van der Waals surface area contributed by atoms with Crippen LogP contribution in [-0.2, 0) is 6.42 Å². The molecule has 0 aliphatic heterocycles. The molecule has 0 amide bonds. The Hall–Kier alpha value is -7.75. The van der Waals surface area contributed by atoms with E-state index in [1.54, 1.807) is 0 Å². The summed E-state index contributed by atoms with van der Waals surface area (Å²) in [6.07, 6.45) is 0.843. The van der Waals surface area contributed by atoms with Gasteiger partial charge in [-0.2, -0.15) is 0 Å². The predicted molar refractivity (Wildman–Crippen MR) is 254 cm³/mol. The fourth-order valence-electron chi connectivity index (χ4n) is 9.78. The minimum Gasteiger partial charge on any atom is -0.309 e. The summed E-state index contributed by atoms with van der Waals surface area (Å²) in [4.78, 5) is 5.55. The fraction of sp³-hybridized carbons (Fsp3) is 0.0351. The molecular formula is C57H39N3. The monoisotopic (exact) mass is 765 g/mol. The van der Waals surface area contributed by atoms with E-state index in [4.69, 9.17) is 4.98 Å². The number of nitrogens with zero attached hydrogens (tertiary/aromatic N) is 3. The third-order valence-corrected chi connectivity index (χ3v) is 12.4. The normalized spacial score (nSPS) is 11.8. The molecule has 0 fully saturated rings. The Labute approximate surface area is 348 Å². The highest BCUT2D eigenvalue weighted by Gasteiger charge is 2.22. The van der Waals surface area contributed by atoms with Crippen LogP contribution in [0.25, 0.3) is 110 Å². The van der Waals surface area contributed by atoms with Crippen molar-refractivity contribution in [1.29, 1.82) is 0 Å². The summed E-state index contributed by atoms with van der Waals surface area (Å²) in [5.74, 6) is 0. The van der Waals surface area contributed by atoms with Crippen molar-refractivity contribution < 1.29 is 0 Å². The van der Waals surface area contributed by atoms with Gasteiger partial charge in [-0.15, -0.1) is 0 Å². The quantitative estimate of drug-likeness (QED) is 0.165. The van der Waals surface area contributed by atoms with E-state index in [-0.39, 0.29) is 0 Å². The lowest BCUT2D eigenvalue weighted by Crippen LogP contribution is -2.01. The molecule has 282 valence electrons. The van der Waals surface area contributed by atoms with Gasteiger partial charge in [0.2, 0.25) is 0 Å². The number of rotatable bonds is 6. The topological polar surface area (TPSA) is 22.8 Å². The van der Waals surface area contributed by atoms with E-state index in [9.17, 15) is 0 Å². The molecule has 0 aliphatic carbocycles. The summed E-state index contributed by atoms with van der Waals surface area (Å²) in [6, 6.07) is 75.2. The number of para-hydroxylation sites is 2. The molecule has 0 unspecified atom stereocenters. The van der Waals surface area contributed by atoms with Gasteiger partial charge in [0, 0.05) is 43.7 Å². The molecule has 0 radical (unpaired) electrons. The van der Waals surface area contributed by atoms with Crippen molar-refractivity contribution in [3.05, 3.63) is 212 Å². The van der Waals surface area contributed by atoms with E-state index in [0.29, 0.717) is 0 Å². The second-order valence-corrected chi connectivity index (χ2v) is 15.8. The molecule has 3 heterocycles. The third-order valence-electron chi connectivity index (χ3n) is 12.4. The van der Waals surface area contributed by atoms with Crippen LogP contribution in [0, 0.1) is 0 Å². The summed E-state index contributed by atoms with van der Waals surface area (Å²) in [7, 11) is 0. The van der Waals surface area contributed by atoms with Gasteiger partial charge in [-0.25, -0.2) is 4.98 Å². The number of hydrogen-bond acceptors (Lipinski definition) is 1. The molecule has 9 aromatic carbocycles. The van der Waals surface area contributed by atoms with E-state index in [1.807, 2.05) is 0 Å². The highest BCUT2D eigenvalue weighted by molar-refractivity contribution is 6.25. The van der Waals surface area contributed by atoms with E-state index >= 15 is 0 Å². The van der Waals surface area contributed by atoms with Gasteiger partial charge in [-0.1, -0.05) is 159 Å². The lowest BCUT2D eigenvalue weighted by molar-refractivity contribution is 1.11. The maximum absolute atomic E-state index is 5.55. The Morgan fingerprint density at radius 3 is 1.80 bits per heavy atom. The molecule has 3 heteroatoms. The molecular weight excluding hydrogens is 727 g/mol. The van der Waals surface area contributed by atoms with E-state index in [1.165, 1.54) is 81.8 Å². The zero-order chi connectivity index (χ0) is 39.7. The van der Waals surface area contributed by atoms with Gasteiger partial charge in [0.25, 0.3) is 0 Å². The van der Waals surface area contributed by atoms with E-state index < -0.39 is 0 Å². The van der Waals surface area contributed by atoms with E-state index in [2.05, 4.69) is 222 Å². The van der Waals surface area contributed by atoms with Crippen molar-refractivity contribution in [2.24, 2.45) is 0 Å². The summed E-state index contributed by atoms with van der Waals surface area (Å²) >= 11 is 0. The summed E-state index contributed by atoms with van der Waals surface area (Å²) in [6.45, 7) is 2.25. The first kappa shape index (κ1) is 34.3. The Morgan fingerprint density at radius 1 is 0.400 bits per heavy atom. The van der Waals surface area contributed by atoms with Crippen molar-refractivity contribution in [3.8, 4) is 45.0 Å².